The number of rotatable bonds is 3. The van der Waals surface area contributed by atoms with E-state index in [4.69, 9.17) is 0 Å². The number of piperidine rings is 1. The van der Waals surface area contributed by atoms with Gasteiger partial charge in [0.1, 0.15) is 0 Å². The van der Waals surface area contributed by atoms with Gasteiger partial charge in [0.15, 0.2) is 0 Å². The zero-order valence-electron chi connectivity index (χ0n) is 13.5. The van der Waals surface area contributed by atoms with Crippen LogP contribution in [0.4, 0.5) is 0 Å². The third-order valence-electron chi connectivity index (χ3n) is 4.61. The van der Waals surface area contributed by atoms with Crippen LogP contribution in [0, 0.1) is 12.8 Å². The number of aromatic nitrogens is 1. The Morgan fingerprint density at radius 3 is 2.48 bits per heavy atom. The SMILES string of the molecule is Cc1nc(C=CC(=O)N2CCC(C(=O)N3CCCC3)CC2)cs1. The average Bonchev–Trinajstić information content (AvgIpc) is 3.24. The Morgan fingerprint density at radius 1 is 1.17 bits per heavy atom. The standard InChI is InChI=1S/C17H23N3O2S/c1-13-18-15(12-23-13)4-5-16(21)19-10-6-14(7-11-19)17(22)20-8-2-3-9-20/h4-5,12,14H,2-3,6-11H2,1H3. The summed E-state index contributed by atoms with van der Waals surface area (Å²) in [4.78, 5) is 32.8. The molecule has 6 heteroatoms. The lowest BCUT2D eigenvalue weighted by Gasteiger charge is -2.32. The van der Waals surface area contributed by atoms with Crippen LogP contribution in [-0.2, 0) is 9.59 Å². The van der Waals surface area contributed by atoms with E-state index in [0.717, 1.165) is 49.5 Å². The topological polar surface area (TPSA) is 53.5 Å². The number of nitrogens with zero attached hydrogens (tertiary/aromatic N) is 3. The molecule has 0 unspecified atom stereocenters. The Bertz CT molecular complexity index is 597. The second-order valence-corrected chi connectivity index (χ2v) is 7.32. The van der Waals surface area contributed by atoms with Crippen molar-refractivity contribution in [3.05, 3.63) is 22.2 Å². The van der Waals surface area contributed by atoms with Crippen LogP contribution in [0.15, 0.2) is 11.5 Å². The Labute approximate surface area is 141 Å². The van der Waals surface area contributed by atoms with Gasteiger partial charge in [-0.15, -0.1) is 11.3 Å². The molecule has 5 nitrogen and oxygen atoms in total. The van der Waals surface area contributed by atoms with Gasteiger partial charge in [0.05, 0.1) is 10.7 Å². The molecule has 2 amide bonds. The molecule has 0 radical (unpaired) electrons. The van der Waals surface area contributed by atoms with E-state index in [-0.39, 0.29) is 11.8 Å². The quantitative estimate of drug-likeness (QED) is 0.798. The summed E-state index contributed by atoms with van der Waals surface area (Å²) in [6, 6.07) is 0. The van der Waals surface area contributed by atoms with Gasteiger partial charge in [-0.25, -0.2) is 4.98 Å². The number of aryl methyl sites for hydroxylation is 1. The highest BCUT2D eigenvalue weighted by molar-refractivity contribution is 7.09. The first-order valence-electron chi connectivity index (χ1n) is 8.31. The molecule has 0 aromatic carbocycles. The zero-order valence-corrected chi connectivity index (χ0v) is 14.3. The van der Waals surface area contributed by atoms with Crippen LogP contribution in [0.3, 0.4) is 0 Å². The van der Waals surface area contributed by atoms with E-state index in [9.17, 15) is 9.59 Å². The van der Waals surface area contributed by atoms with Crippen LogP contribution in [0.2, 0.25) is 0 Å². The summed E-state index contributed by atoms with van der Waals surface area (Å²) >= 11 is 1.58. The molecule has 1 aromatic rings. The maximum absolute atomic E-state index is 12.4. The summed E-state index contributed by atoms with van der Waals surface area (Å²) in [5, 5.41) is 2.94. The summed E-state index contributed by atoms with van der Waals surface area (Å²) in [7, 11) is 0. The summed E-state index contributed by atoms with van der Waals surface area (Å²) in [5.74, 6) is 0.410. The number of amides is 2. The second-order valence-electron chi connectivity index (χ2n) is 6.26. The summed E-state index contributed by atoms with van der Waals surface area (Å²) in [6.07, 6.45) is 7.19. The Kier molecular flexibility index (Phi) is 5.10. The van der Waals surface area contributed by atoms with Crippen molar-refractivity contribution in [3.63, 3.8) is 0 Å². The van der Waals surface area contributed by atoms with Gasteiger partial charge in [-0.1, -0.05) is 0 Å². The fourth-order valence-electron chi connectivity index (χ4n) is 3.26. The van der Waals surface area contributed by atoms with E-state index in [0.29, 0.717) is 19.0 Å². The maximum atomic E-state index is 12.4. The fourth-order valence-corrected chi connectivity index (χ4v) is 3.84. The van der Waals surface area contributed by atoms with E-state index >= 15 is 0 Å². The minimum atomic E-state index is 0.0164. The van der Waals surface area contributed by atoms with E-state index < -0.39 is 0 Å². The molecule has 23 heavy (non-hydrogen) atoms. The van der Waals surface area contributed by atoms with E-state index in [1.54, 1.807) is 23.5 Å². The van der Waals surface area contributed by atoms with E-state index in [2.05, 4.69) is 4.98 Å². The predicted molar refractivity (Wildman–Crippen MR) is 91.0 cm³/mol. The minimum absolute atomic E-state index is 0.0164. The third kappa shape index (κ3) is 3.99. The number of likely N-dealkylation sites (tertiary alicyclic amines) is 2. The molecule has 124 valence electrons. The van der Waals surface area contributed by atoms with Gasteiger partial charge >= 0.3 is 0 Å². The fraction of sp³-hybridized carbons (Fsp3) is 0.588. The molecule has 0 bridgehead atoms. The Morgan fingerprint density at radius 2 is 1.87 bits per heavy atom. The Hall–Kier alpha value is -1.69. The lowest BCUT2D eigenvalue weighted by Crippen LogP contribution is -2.43. The summed E-state index contributed by atoms with van der Waals surface area (Å²) in [5.41, 5.74) is 0.833. The number of carbonyl (C=O) groups is 2. The lowest BCUT2D eigenvalue weighted by molar-refractivity contribution is -0.138. The molecule has 3 rings (SSSR count). The van der Waals surface area contributed by atoms with Gasteiger partial charge in [0.25, 0.3) is 0 Å². The van der Waals surface area contributed by atoms with Crippen molar-refractivity contribution in [3.8, 4) is 0 Å². The molecule has 2 fully saturated rings. The van der Waals surface area contributed by atoms with Crippen molar-refractivity contribution in [2.75, 3.05) is 26.2 Å². The molecule has 2 saturated heterocycles. The number of thiazole rings is 1. The van der Waals surface area contributed by atoms with Crippen LogP contribution in [0.5, 0.6) is 0 Å². The van der Waals surface area contributed by atoms with Crippen molar-refractivity contribution in [1.82, 2.24) is 14.8 Å². The smallest absolute Gasteiger partial charge is 0.246 e. The number of hydrogen-bond acceptors (Lipinski definition) is 4. The molecular weight excluding hydrogens is 310 g/mol. The zero-order chi connectivity index (χ0) is 16.2. The molecular formula is C17H23N3O2S. The highest BCUT2D eigenvalue weighted by atomic mass is 32.1. The van der Waals surface area contributed by atoms with E-state index in [1.165, 1.54) is 0 Å². The molecule has 3 heterocycles. The van der Waals surface area contributed by atoms with Crippen LogP contribution in [0.25, 0.3) is 6.08 Å². The van der Waals surface area contributed by atoms with Crippen molar-refractivity contribution in [2.24, 2.45) is 5.92 Å². The predicted octanol–water partition coefficient (Wildman–Crippen LogP) is 2.33. The first-order valence-corrected chi connectivity index (χ1v) is 9.19. The molecule has 2 aliphatic heterocycles. The molecule has 0 spiro atoms. The number of hydrogen-bond donors (Lipinski definition) is 0. The second kappa shape index (κ2) is 7.25. The summed E-state index contributed by atoms with van der Waals surface area (Å²) in [6.45, 7) is 5.11. The van der Waals surface area contributed by atoms with Crippen LogP contribution in [-0.4, -0.2) is 52.8 Å². The van der Waals surface area contributed by atoms with Gasteiger partial charge < -0.3 is 9.80 Å². The molecule has 0 aliphatic carbocycles. The van der Waals surface area contributed by atoms with Crippen molar-refractivity contribution < 1.29 is 9.59 Å². The normalized spacial score (nSPS) is 19.7. The highest BCUT2D eigenvalue weighted by Crippen LogP contribution is 2.22. The Balaban J connectivity index is 1.49. The molecule has 0 N–H and O–H groups in total. The van der Waals surface area contributed by atoms with Crippen LogP contribution >= 0.6 is 11.3 Å². The van der Waals surface area contributed by atoms with Crippen LogP contribution < -0.4 is 0 Å². The van der Waals surface area contributed by atoms with E-state index in [1.807, 2.05) is 22.1 Å². The third-order valence-corrected chi connectivity index (χ3v) is 5.40. The minimum Gasteiger partial charge on any atom is -0.342 e. The van der Waals surface area contributed by atoms with Crippen molar-refractivity contribution in [2.45, 2.75) is 32.6 Å². The highest BCUT2D eigenvalue weighted by Gasteiger charge is 2.30. The van der Waals surface area contributed by atoms with Gasteiger partial charge in [-0.3, -0.25) is 9.59 Å². The number of carbonyl (C=O) groups excluding carboxylic acids is 2. The van der Waals surface area contributed by atoms with Gasteiger partial charge in [0, 0.05) is 43.6 Å². The maximum Gasteiger partial charge on any atom is 0.246 e. The first-order chi connectivity index (χ1) is 11.1. The van der Waals surface area contributed by atoms with Gasteiger partial charge in [0.2, 0.25) is 11.8 Å². The van der Waals surface area contributed by atoms with Crippen LogP contribution in [0.1, 0.15) is 36.4 Å². The molecule has 0 atom stereocenters. The van der Waals surface area contributed by atoms with Gasteiger partial charge in [-0.05, 0) is 38.7 Å². The lowest BCUT2D eigenvalue weighted by atomic mass is 9.95. The first kappa shape index (κ1) is 16.2. The molecule has 0 saturated carbocycles. The van der Waals surface area contributed by atoms with Crippen molar-refractivity contribution >= 4 is 29.2 Å². The van der Waals surface area contributed by atoms with Crippen molar-refractivity contribution in [1.29, 1.82) is 0 Å². The molecule has 2 aliphatic rings. The summed E-state index contributed by atoms with van der Waals surface area (Å²) < 4.78 is 0. The average molecular weight is 333 g/mol. The monoisotopic (exact) mass is 333 g/mol. The van der Waals surface area contributed by atoms with Gasteiger partial charge in [-0.2, -0.15) is 0 Å². The largest absolute Gasteiger partial charge is 0.342 e. The molecule has 1 aromatic heterocycles.